The lowest BCUT2D eigenvalue weighted by molar-refractivity contribution is 0.176. The molecule has 1 heteroatoms. The minimum Gasteiger partial charge on any atom is -0.314 e. The second-order valence-electron chi connectivity index (χ2n) is 7.46. The van der Waals surface area contributed by atoms with Gasteiger partial charge in [-0.2, -0.15) is 0 Å². The highest BCUT2D eigenvalue weighted by molar-refractivity contribution is 5.30. The molecule has 2 rings (SSSR count). The van der Waals surface area contributed by atoms with Crippen LogP contribution in [0.1, 0.15) is 56.7 Å². The number of nitrogens with one attached hydrogen (secondary N) is 1. The van der Waals surface area contributed by atoms with Crippen LogP contribution in [-0.2, 0) is 6.42 Å². The lowest BCUT2D eigenvalue weighted by atomic mass is 9.72. The molecule has 3 unspecified atom stereocenters. The van der Waals surface area contributed by atoms with Crippen LogP contribution in [0.5, 0.6) is 0 Å². The summed E-state index contributed by atoms with van der Waals surface area (Å²) in [6.45, 7) is 12.6. The maximum atomic E-state index is 3.78. The standard InChI is InChI=1S/C20H33N/c1-6-21-20(19-10-14(2)9-15(3)11-19)13-18-8-7-16(4)17(5)12-18/h7-8,12,14-15,19-21H,6,9-11,13H2,1-5H3. The molecule has 0 aromatic heterocycles. The summed E-state index contributed by atoms with van der Waals surface area (Å²) in [4.78, 5) is 0. The summed E-state index contributed by atoms with van der Waals surface area (Å²) in [7, 11) is 0. The molecule has 0 bridgehead atoms. The molecule has 1 N–H and O–H groups in total. The molecule has 0 aliphatic heterocycles. The molecule has 118 valence electrons. The fraction of sp³-hybridized carbons (Fsp3) is 0.700. The topological polar surface area (TPSA) is 12.0 Å². The maximum absolute atomic E-state index is 3.78. The summed E-state index contributed by atoms with van der Waals surface area (Å²) in [5, 5.41) is 3.78. The third-order valence-electron chi connectivity index (χ3n) is 5.28. The van der Waals surface area contributed by atoms with Crippen molar-refractivity contribution in [1.29, 1.82) is 0 Å². The second kappa shape index (κ2) is 7.45. The number of rotatable bonds is 5. The average Bonchev–Trinajstić information content (AvgIpc) is 2.41. The SMILES string of the molecule is CCNC(Cc1ccc(C)c(C)c1)C1CC(C)CC(C)C1. The van der Waals surface area contributed by atoms with E-state index in [1.165, 1.54) is 42.4 Å². The van der Waals surface area contributed by atoms with Crippen molar-refractivity contribution in [3.05, 3.63) is 34.9 Å². The van der Waals surface area contributed by atoms with Gasteiger partial charge in [0.05, 0.1) is 0 Å². The van der Waals surface area contributed by atoms with Gasteiger partial charge >= 0.3 is 0 Å². The molecule has 1 aromatic rings. The zero-order chi connectivity index (χ0) is 15.4. The van der Waals surface area contributed by atoms with E-state index in [1.54, 1.807) is 0 Å². The molecule has 0 spiro atoms. The Balaban J connectivity index is 2.09. The van der Waals surface area contributed by atoms with Crippen LogP contribution in [-0.4, -0.2) is 12.6 Å². The first-order valence-electron chi connectivity index (χ1n) is 8.79. The molecule has 1 aliphatic carbocycles. The molecule has 0 amide bonds. The smallest absolute Gasteiger partial charge is 0.0136 e. The van der Waals surface area contributed by atoms with Crippen molar-refractivity contribution in [2.24, 2.45) is 17.8 Å². The van der Waals surface area contributed by atoms with Crippen molar-refractivity contribution in [3.63, 3.8) is 0 Å². The number of hydrogen-bond donors (Lipinski definition) is 1. The van der Waals surface area contributed by atoms with Gasteiger partial charge in [0.2, 0.25) is 0 Å². The lowest BCUT2D eigenvalue weighted by Gasteiger charge is -2.37. The molecular formula is C20H33N. The number of hydrogen-bond acceptors (Lipinski definition) is 1. The van der Waals surface area contributed by atoms with Crippen molar-refractivity contribution < 1.29 is 0 Å². The predicted molar refractivity (Wildman–Crippen MR) is 92.8 cm³/mol. The molecule has 0 radical (unpaired) electrons. The van der Waals surface area contributed by atoms with Crippen LogP contribution in [0.4, 0.5) is 0 Å². The molecule has 1 aliphatic rings. The summed E-state index contributed by atoms with van der Waals surface area (Å²) < 4.78 is 0. The van der Waals surface area contributed by atoms with Crippen LogP contribution in [0.3, 0.4) is 0 Å². The first-order chi connectivity index (χ1) is 9.99. The van der Waals surface area contributed by atoms with Crippen LogP contribution in [0.2, 0.25) is 0 Å². The quantitative estimate of drug-likeness (QED) is 0.812. The molecule has 1 saturated carbocycles. The first-order valence-corrected chi connectivity index (χ1v) is 8.79. The molecular weight excluding hydrogens is 254 g/mol. The Hall–Kier alpha value is -0.820. The van der Waals surface area contributed by atoms with Crippen LogP contribution in [0, 0.1) is 31.6 Å². The molecule has 0 heterocycles. The van der Waals surface area contributed by atoms with E-state index in [1.807, 2.05) is 0 Å². The summed E-state index contributed by atoms with van der Waals surface area (Å²) >= 11 is 0. The highest BCUT2D eigenvalue weighted by Gasteiger charge is 2.29. The predicted octanol–water partition coefficient (Wildman–Crippen LogP) is 4.90. The van der Waals surface area contributed by atoms with Gasteiger partial charge in [0, 0.05) is 6.04 Å². The summed E-state index contributed by atoms with van der Waals surface area (Å²) in [6.07, 6.45) is 5.39. The monoisotopic (exact) mass is 287 g/mol. The Morgan fingerprint density at radius 3 is 2.29 bits per heavy atom. The Morgan fingerprint density at radius 1 is 1.05 bits per heavy atom. The molecule has 21 heavy (non-hydrogen) atoms. The fourth-order valence-corrected chi connectivity index (χ4v) is 4.19. The largest absolute Gasteiger partial charge is 0.314 e. The van der Waals surface area contributed by atoms with Crippen LogP contribution >= 0.6 is 0 Å². The van der Waals surface area contributed by atoms with Gasteiger partial charge in [-0.3, -0.25) is 0 Å². The summed E-state index contributed by atoms with van der Waals surface area (Å²) in [6, 6.07) is 7.62. The second-order valence-corrected chi connectivity index (χ2v) is 7.46. The molecule has 0 saturated heterocycles. The van der Waals surface area contributed by atoms with Gasteiger partial charge in [-0.05, 0) is 80.5 Å². The number of benzene rings is 1. The Labute approximate surface area is 131 Å². The van der Waals surface area contributed by atoms with Gasteiger partial charge in [-0.25, -0.2) is 0 Å². The summed E-state index contributed by atoms with van der Waals surface area (Å²) in [5.41, 5.74) is 4.32. The third-order valence-corrected chi connectivity index (χ3v) is 5.28. The van der Waals surface area contributed by atoms with Crippen molar-refractivity contribution in [2.45, 2.75) is 66.3 Å². The van der Waals surface area contributed by atoms with Gasteiger partial charge in [-0.1, -0.05) is 39.0 Å². The maximum Gasteiger partial charge on any atom is 0.0136 e. The van der Waals surface area contributed by atoms with E-state index < -0.39 is 0 Å². The number of aryl methyl sites for hydroxylation is 2. The number of likely N-dealkylation sites (N-methyl/N-ethyl adjacent to an activating group) is 1. The molecule has 1 nitrogen and oxygen atoms in total. The van der Waals surface area contributed by atoms with Crippen molar-refractivity contribution >= 4 is 0 Å². The highest BCUT2D eigenvalue weighted by atomic mass is 14.9. The Kier molecular flexibility index (Phi) is 5.87. The third kappa shape index (κ3) is 4.57. The van der Waals surface area contributed by atoms with Gasteiger partial charge in [-0.15, -0.1) is 0 Å². The van der Waals surface area contributed by atoms with Gasteiger partial charge in [0.15, 0.2) is 0 Å². The van der Waals surface area contributed by atoms with E-state index in [4.69, 9.17) is 0 Å². The van der Waals surface area contributed by atoms with Crippen LogP contribution in [0.15, 0.2) is 18.2 Å². The van der Waals surface area contributed by atoms with Gasteiger partial charge < -0.3 is 5.32 Å². The molecule has 3 atom stereocenters. The normalized spacial score (nSPS) is 27.6. The van der Waals surface area contributed by atoms with Gasteiger partial charge in [0.1, 0.15) is 0 Å². The molecule has 1 fully saturated rings. The Bertz CT molecular complexity index is 441. The van der Waals surface area contributed by atoms with Crippen molar-refractivity contribution in [3.8, 4) is 0 Å². The van der Waals surface area contributed by atoms with E-state index in [0.29, 0.717) is 6.04 Å². The van der Waals surface area contributed by atoms with E-state index in [2.05, 4.69) is 58.1 Å². The van der Waals surface area contributed by atoms with E-state index >= 15 is 0 Å². The zero-order valence-corrected chi connectivity index (χ0v) is 14.6. The van der Waals surface area contributed by atoms with E-state index in [0.717, 1.165) is 24.3 Å². The minimum atomic E-state index is 0.641. The average molecular weight is 287 g/mol. The van der Waals surface area contributed by atoms with E-state index in [9.17, 15) is 0 Å². The van der Waals surface area contributed by atoms with Crippen molar-refractivity contribution in [2.75, 3.05) is 6.54 Å². The lowest BCUT2D eigenvalue weighted by Crippen LogP contribution is -2.41. The summed E-state index contributed by atoms with van der Waals surface area (Å²) in [5.74, 6) is 2.62. The first kappa shape index (κ1) is 16.5. The van der Waals surface area contributed by atoms with E-state index in [-0.39, 0.29) is 0 Å². The van der Waals surface area contributed by atoms with Gasteiger partial charge in [0.25, 0.3) is 0 Å². The van der Waals surface area contributed by atoms with Crippen LogP contribution in [0.25, 0.3) is 0 Å². The van der Waals surface area contributed by atoms with Crippen molar-refractivity contribution in [1.82, 2.24) is 5.32 Å². The highest BCUT2D eigenvalue weighted by Crippen LogP contribution is 2.35. The Morgan fingerprint density at radius 2 is 1.71 bits per heavy atom. The van der Waals surface area contributed by atoms with Crippen LogP contribution < -0.4 is 5.32 Å². The zero-order valence-electron chi connectivity index (χ0n) is 14.6. The fourth-order valence-electron chi connectivity index (χ4n) is 4.19. The minimum absolute atomic E-state index is 0.641. The molecule has 1 aromatic carbocycles.